The van der Waals surface area contributed by atoms with Gasteiger partial charge in [0, 0.05) is 25.6 Å². The number of anilines is 1. The second-order valence-electron chi connectivity index (χ2n) is 7.79. The van der Waals surface area contributed by atoms with Gasteiger partial charge in [-0.05, 0) is 36.7 Å². The average Bonchev–Trinajstić information content (AvgIpc) is 2.93. The first kappa shape index (κ1) is 17.9. The highest BCUT2D eigenvalue weighted by Gasteiger charge is 2.38. The molecular formula is C17H26FN3OSi. The normalized spacial score (nSPS) is 19.0. The molecule has 6 heteroatoms. The van der Waals surface area contributed by atoms with Gasteiger partial charge >= 0.3 is 0 Å². The van der Waals surface area contributed by atoms with E-state index < -0.39 is 14.3 Å². The number of nitriles is 1. The van der Waals surface area contributed by atoms with Crippen molar-refractivity contribution in [2.75, 3.05) is 24.6 Å². The van der Waals surface area contributed by atoms with Crippen LogP contribution in [0.3, 0.4) is 0 Å². The Morgan fingerprint density at radius 2 is 2.13 bits per heavy atom. The first-order chi connectivity index (χ1) is 10.6. The fourth-order valence-corrected chi connectivity index (χ4v) is 3.49. The van der Waals surface area contributed by atoms with Gasteiger partial charge in [-0.25, -0.2) is 4.98 Å². The highest BCUT2D eigenvalue weighted by atomic mass is 28.4. The summed E-state index contributed by atoms with van der Waals surface area (Å²) < 4.78 is 20.0. The molecule has 4 nitrogen and oxygen atoms in total. The van der Waals surface area contributed by atoms with Crippen molar-refractivity contribution in [2.45, 2.75) is 45.3 Å². The van der Waals surface area contributed by atoms with Gasteiger partial charge in [0.2, 0.25) is 5.95 Å². The third kappa shape index (κ3) is 4.09. The highest BCUT2D eigenvalue weighted by Crippen LogP contribution is 2.37. The number of hydrogen-bond donors (Lipinski definition) is 0. The van der Waals surface area contributed by atoms with E-state index in [0.717, 1.165) is 26.1 Å². The van der Waals surface area contributed by atoms with Crippen LogP contribution in [-0.4, -0.2) is 33.0 Å². The van der Waals surface area contributed by atoms with Crippen LogP contribution in [0.2, 0.25) is 18.1 Å². The Labute approximate surface area is 139 Å². The summed E-state index contributed by atoms with van der Waals surface area (Å²) in [4.78, 5) is 5.99. The molecule has 1 fully saturated rings. The van der Waals surface area contributed by atoms with Crippen molar-refractivity contribution in [3.8, 4) is 6.07 Å². The summed E-state index contributed by atoms with van der Waals surface area (Å²) in [6.45, 7) is 13.7. The standard InChI is InChI=1S/C17H26FN3OSi/c1-17(2,3)23(4,5)22-12-13-8-9-21(11-13)15-7-6-14(10-19)16(18)20-15/h6-7,13H,8-9,11-12H2,1-5H3. The zero-order chi connectivity index (χ0) is 17.3. The van der Waals surface area contributed by atoms with Crippen molar-refractivity contribution < 1.29 is 8.82 Å². The van der Waals surface area contributed by atoms with Crippen molar-refractivity contribution in [3.05, 3.63) is 23.6 Å². The molecule has 0 radical (unpaired) electrons. The highest BCUT2D eigenvalue weighted by molar-refractivity contribution is 6.74. The third-order valence-corrected chi connectivity index (χ3v) is 9.55. The number of hydrogen-bond acceptors (Lipinski definition) is 4. The van der Waals surface area contributed by atoms with Crippen LogP contribution in [0.4, 0.5) is 10.2 Å². The molecule has 2 rings (SSSR count). The Bertz CT molecular complexity index is 607. The van der Waals surface area contributed by atoms with E-state index >= 15 is 0 Å². The number of rotatable bonds is 4. The third-order valence-electron chi connectivity index (χ3n) is 5.05. The molecule has 0 aliphatic carbocycles. The minimum absolute atomic E-state index is 0.00856. The van der Waals surface area contributed by atoms with Crippen LogP contribution >= 0.6 is 0 Å². The molecular weight excluding hydrogens is 309 g/mol. The van der Waals surface area contributed by atoms with Gasteiger partial charge in [0.1, 0.15) is 17.5 Å². The summed E-state index contributed by atoms with van der Waals surface area (Å²) >= 11 is 0. The van der Waals surface area contributed by atoms with Gasteiger partial charge in [-0.15, -0.1) is 0 Å². The average molecular weight is 335 g/mol. The second-order valence-corrected chi connectivity index (χ2v) is 12.6. The van der Waals surface area contributed by atoms with E-state index in [0.29, 0.717) is 11.7 Å². The van der Waals surface area contributed by atoms with Crippen molar-refractivity contribution in [1.29, 1.82) is 5.26 Å². The van der Waals surface area contributed by atoms with Crippen molar-refractivity contribution in [1.82, 2.24) is 4.98 Å². The van der Waals surface area contributed by atoms with Gasteiger partial charge < -0.3 is 9.33 Å². The molecule has 23 heavy (non-hydrogen) atoms. The molecule has 0 bridgehead atoms. The largest absolute Gasteiger partial charge is 0.416 e. The van der Waals surface area contributed by atoms with Crippen molar-refractivity contribution in [3.63, 3.8) is 0 Å². The number of nitrogens with zero attached hydrogens (tertiary/aromatic N) is 3. The van der Waals surface area contributed by atoms with E-state index in [1.165, 1.54) is 6.07 Å². The van der Waals surface area contributed by atoms with Crippen molar-refractivity contribution in [2.24, 2.45) is 5.92 Å². The molecule has 0 saturated carbocycles. The molecule has 0 N–H and O–H groups in total. The van der Waals surface area contributed by atoms with Gasteiger partial charge in [-0.1, -0.05) is 20.8 Å². The fourth-order valence-electron chi connectivity index (χ4n) is 2.40. The summed E-state index contributed by atoms with van der Waals surface area (Å²) in [5, 5.41) is 8.98. The topological polar surface area (TPSA) is 49.1 Å². The lowest BCUT2D eigenvalue weighted by atomic mass is 10.1. The van der Waals surface area contributed by atoms with E-state index in [4.69, 9.17) is 9.69 Å². The van der Waals surface area contributed by atoms with Crippen LogP contribution in [0.25, 0.3) is 0 Å². The minimum atomic E-state index is -1.73. The first-order valence-corrected chi connectivity index (χ1v) is 11.0. The van der Waals surface area contributed by atoms with E-state index in [1.54, 1.807) is 12.1 Å². The summed E-state index contributed by atoms with van der Waals surface area (Å²) in [6.07, 6.45) is 1.03. The molecule has 1 unspecified atom stereocenters. The second kappa shape index (κ2) is 6.58. The van der Waals surface area contributed by atoms with Crippen LogP contribution in [0.15, 0.2) is 12.1 Å². The van der Waals surface area contributed by atoms with Gasteiger partial charge in [-0.3, -0.25) is 0 Å². The predicted octanol–water partition coefficient (Wildman–Crippen LogP) is 3.94. The van der Waals surface area contributed by atoms with Gasteiger partial charge in [0.25, 0.3) is 0 Å². The first-order valence-electron chi connectivity index (χ1n) is 8.09. The van der Waals surface area contributed by atoms with Crippen LogP contribution in [0, 0.1) is 23.2 Å². The number of pyridine rings is 1. The molecule has 1 aromatic rings. The predicted molar refractivity (Wildman–Crippen MR) is 92.4 cm³/mol. The fraction of sp³-hybridized carbons (Fsp3) is 0.647. The van der Waals surface area contributed by atoms with Crippen LogP contribution in [0.5, 0.6) is 0 Å². The molecule has 2 heterocycles. The summed E-state index contributed by atoms with van der Waals surface area (Å²) in [6, 6.07) is 5.02. The maximum Gasteiger partial charge on any atom is 0.232 e. The maximum absolute atomic E-state index is 13.7. The van der Waals surface area contributed by atoms with Crippen LogP contribution in [-0.2, 0) is 4.43 Å². The molecule has 1 aromatic heterocycles. The van der Waals surface area contributed by atoms with Gasteiger partial charge in [0.05, 0.1) is 0 Å². The van der Waals surface area contributed by atoms with Crippen LogP contribution < -0.4 is 4.90 Å². The Morgan fingerprint density at radius 1 is 1.43 bits per heavy atom. The zero-order valence-electron chi connectivity index (χ0n) is 14.7. The van der Waals surface area contributed by atoms with E-state index in [9.17, 15) is 4.39 Å². The molecule has 1 aliphatic heterocycles. The molecule has 1 atom stereocenters. The lowest BCUT2D eigenvalue weighted by Gasteiger charge is -2.37. The number of aromatic nitrogens is 1. The lowest BCUT2D eigenvalue weighted by molar-refractivity contribution is 0.238. The Balaban J connectivity index is 1.94. The van der Waals surface area contributed by atoms with E-state index in [-0.39, 0.29) is 10.6 Å². The van der Waals surface area contributed by atoms with Gasteiger partial charge in [-0.2, -0.15) is 9.65 Å². The number of halogens is 1. The molecule has 1 aliphatic rings. The zero-order valence-corrected chi connectivity index (χ0v) is 15.7. The van der Waals surface area contributed by atoms with Gasteiger partial charge in [0.15, 0.2) is 8.32 Å². The summed E-state index contributed by atoms with van der Waals surface area (Å²) in [5.74, 6) is 0.368. The Kier molecular flexibility index (Phi) is 5.12. The maximum atomic E-state index is 13.7. The Morgan fingerprint density at radius 3 is 2.70 bits per heavy atom. The molecule has 0 amide bonds. The summed E-state index contributed by atoms with van der Waals surface area (Å²) in [5.41, 5.74) is -0.00856. The van der Waals surface area contributed by atoms with Crippen LogP contribution in [0.1, 0.15) is 32.8 Å². The molecule has 1 saturated heterocycles. The molecule has 0 aromatic carbocycles. The Hall–Kier alpha value is -1.45. The lowest BCUT2D eigenvalue weighted by Crippen LogP contribution is -2.42. The quantitative estimate of drug-likeness (QED) is 0.618. The van der Waals surface area contributed by atoms with E-state index in [2.05, 4.69) is 43.7 Å². The summed E-state index contributed by atoms with van der Waals surface area (Å²) in [7, 11) is -1.73. The monoisotopic (exact) mass is 335 g/mol. The SMILES string of the molecule is CC(C)(C)[Si](C)(C)OCC1CCN(c2ccc(C#N)c(F)n2)C1. The molecule has 0 spiro atoms. The van der Waals surface area contributed by atoms with Crippen molar-refractivity contribution >= 4 is 14.1 Å². The van der Waals surface area contributed by atoms with E-state index in [1.807, 2.05) is 0 Å². The molecule has 126 valence electrons. The smallest absolute Gasteiger partial charge is 0.232 e. The minimum Gasteiger partial charge on any atom is -0.416 e.